The minimum Gasteiger partial charge on any atom is -0.490 e. The number of hydrogen-bond acceptors (Lipinski definition) is 4. The Balaban J connectivity index is 2.03. The monoisotopic (exact) mass is 373 g/mol. The van der Waals surface area contributed by atoms with Crippen molar-refractivity contribution < 1.29 is 23.8 Å². The van der Waals surface area contributed by atoms with Crippen LogP contribution < -0.4 is 4.74 Å². The van der Waals surface area contributed by atoms with Gasteiger partial charge < -0.3 is 14.6 Å². The van der Waals surface area contributed by atoms with Gasteiger partial charge in [-0.2, -0.15) is 0 Å². The molecule has 0 spiro atoms. The van der Waals surface area contributed by atoms with Gasteiger partial charge in [0.1, 0.15) is 18.2 Å². The lowest BCUT2D eigenvalue weighted by atomic mass is 10.2. The summed E-state index contributed by atoms with van der Waals surface area (Å²) in [6.07, 6.45) is 2.27. The molecule has 1 aliphatic heterocycles. The average molecular weight is 374 g/mol. The molecule has 0 aliphatic carbocycles. The molecule has 0 unspecified atom stereocenters. The molecule has 1 fully saturated rings. The summed E-state index contributed by atoms with van der Waals surface area (Å²) in [7, 11) is 0. The molecule has 0 bridgehead atoms. The third kappa shape index (κ3) is 5.08. The molecule has 1 saturated heterocycles. The first-order valence-electron chi connectivity index (χ1n) is 6.89. The molecule has 120 valence electrons. The van der Waals surface area contributed by atoms with Gasteiger partial charge in [-0.05, 0) is 34.1 Å². The molecule has 0 amide bonds. The van der Waals surface area contributed by atoms with Gasteiger partial charge in [-0.1, -0.05) is 0 Å². The number of hydrogen-bond donors (Lipinski definition) is 1. The van der Waals surface area contributed by atoms with Crippen molar-refractivity contribution in [2.24, 2.45) is 0 Å². The molecule has 0 saturated carbocycles. The van der Waals surface area contributed by atoms with Crippen LogP contribution in [0.15, 0.2) is 22.7 Å². The highest BCUT2D eigenvalue weighted by molar-refractivity contribution is 9.10. The molecule has 2 rings (SSSR count). The van der Waals surface area contributed by atoms with Gasteiger partial charge in [0.05, 0.1) is 17.7 Å². The standard InChI is InChI=1S/C15H17BrFNO4/c16-13-10-12(17)9-11(1-2-14(19)20)15(13)22-8-5-18-3-6-21-7-4-18/h1-2,9-10H,3-8H2,(H,19,20)/b2-1+. The van der Waals surface area contributed by atoms with Crippen molar-refractivity contribution >= 4 is 28.0 Å². The van der Waals surface area contributed by atoms with Crippen LogP contribution in [0, 0.1) is 5.82 Å². The number of halogens is 2. The predicted octanol–water partition coefficient (Wildman–Crippen LogP) is 2.40. The number of morpholine rings is 1. The van der Waals surface area contributed by atoms with Crippen LogP contribution in [0.25, 0.3) is 6.08 Å². The van der Waals surface area contributed by atoms with Crippen molar-refractivity contribution in [3.8, 4) is 5.75 Å². The summed E-state index contributed by atoms with van der Waals surface area (Å²) in [4.78, 5) is 12.8. The van der Waals surface area contributed by atoms with E-state index in [1.807, 2.05) is 0 Å². The molecule has 1 aromatic carbocycles. The van der Waals surface area contributed by atoms with Crippen molar-refractivity contribution in [3.05, 3.63) is 34.1 Å². The van der Waals surface area contributed by atoms with Crippen molar-refractivity contribution in [1.29, 1.82) is 0 Å². The maximum atomic E-state index is 13.5. The summed E-state index contributed by atoms with van der Waals surface area (Å²) in [5.74, 6) is -1.12. The lowest BCUT2D eigenvalue weighted by Gasteiger charge is -2.26. The van der Waals surface area contributed by atoms with E-state index in [0.29, 0.717) is 35.6 Å². The Hall–Kier alpha value is -1.44. The smallest absolute Gasteiger partial charge is 0.328 e. The molecule has 0 radical (unpaired) electrons. The molecule has 0 atom stereocenters. The second kappa shape index (κ2) is 8.26. The maximum absolute atomic E-state index is 13.5. The minimum atomic E-state index is -1.10. The lowest BCUT2D eigenvalue weighted by Crippen LogP contribution is -2.38. The summed E-state index contributed by atoms with van der Waals surface area (Å²) >= 11 is 3.25. The third-order valence-electron chi connectivity index (χ3n) is 3.20. The first kappa shape index (κ1) is 16.9. The zero-order chi connectivity index (χ0) is 15.9. The molecule has 1 aliphatic rings. The number of carbonyl (C=O) groups is 1. The molecule has 7 heteroatoms. The van der Waals surface area contributed by atoms with Gasteiger partial charge in [0.25, 0.3) is 0 Å². The van der Waals surface area contributed by atoms with Gasteiger partial charge in [-0.3, -0.25) is 4.90 Å². The molecule has 1 N–H and O–H groups in total. The first-order valence-corrected chi connectivity index (χ1v) is 7.68. The summed E-state index contributed by atoms with van der Waals surface area (Å²) in [6.45, 7) is 4.31. The van der Waals surface area contributed by atoms with Crippen molar-refractivity contribution in [3.63, 3.8) is 0 Å². The third-order valence-corrected chi connectivity index (χ3v) is 3.79. The van der Waals surface area contributed by atoms with Crippen LogP contribution in [0.5, 0.6) is 5.75 Å². The highest BCUT2D eigenvalue weighted by Gasteiger charge is 2.13. The van der Waals surface area contributed by atoms with E-state index < -0.39 is 11.8 Å². The van der Waals surface area contributed by atoms with Crippen molar-refractivity contribution in [2.75, 3.05) is 39.5 Å². The molecule has 1 heterocycles. The zero-order valence-corrected chi connectivity index (χ0v) is 13.5. The highest BCUT2D eigenvalue weighted by Crippen LogP contribution is 2.31. The maximum Gasteiger partial charge on any atom is 0.328 e. The van der Waals surface area contributed by atoms with Crippen LogP contribution in [-0.4, -0.2) is 55.4 Å². The van der Waals surface area contributed by atoms with Crippen LogP contribution in [0.2, 0.25) is 0 Å². The van der Waals surface area contributed by atoms with Crippen molar-refractivity contribution in [2.45, 2.75) is 0 Å². The van der Waals surface area contributed by atoms with Crippen molar-refractivity contribution in [1.82, 2.24) is 4.90 Å². The normalized spacial score (nSPS) is 16.1. The summed E-state index contributed by atoms with van der Waals surface area (Å²) in [5.41, 5.74) is 0.385. The number of benzene rings is 1. The molecule has 5 nitrogen and oxygen atoms in total. The molecular formula is C15H17BrFNO4. The van der Waals surface area contributed by atoms with Gasteiger partial charge in [0, 0.05) is 31.3 Å². The quantitative estimate of drug-likeness (QED) is 0.775. The van der Waals surface area contributed by atoms with Crippen LogP contribution >= 0.6 is 15.9 Å². The zero-order valence-electron chi connectivity index (χ0n) is 11.9. The topological polar surface area (TPSA) is 59.0 Å². The molecule has 0 aromatic heterocycles. The van der Waals surface area contributed by atoms with E-state index in [4.69, 9.17) is 14.6 Å². The number of carboxylic acids is 1. The first-order chi connectivity index (χ1) is 10.6. The van der Waals surface area contributed by atoms with E-state index in [1.165, 1.54) is 18.2 Å². The van der Waals surface area contributed by atoms with E-state index in [1.54, 1.807) is 0 Å². The van der Waals surface area contributed by atoms with Crippen LogP contribution in [0.3, 0.4) is 0 Å². The largest absolute Gasteiger partial charge is 0.490 e. The molecule has 1 aromatic rings. The Morgan fingerprint density at radius 2 is 2.18 bits per heavy atom. The lowest BCUT2D eigenvalue weighted by molar-refractivity contribution is -0.131. The molecule has 22 heavy (non-hydrogen) atoms. The van der Waals surface area contributed by atoms with Gasteiger partial charge in [-0.25, -0.2) is 9.18 Å². The fourth-order valence-corrected chi connectivity index (χ4v) is 2.68. The van der Waals surface area contributed by atoms with Gasteiger partial charge in [0.2, 0.25) is 0 Å². The summed E-state index contributed by atoms with van der Waals surface area (Å²) in [6, 6.07) is 2.54. The number of nitrogens with zero attached hydrogens (tertiary/aromatic N) is 1. The fraction of sp³-hybridized carbons (Fsp3) is 0.400. The Kier molecular flexibility index (Phi) is 6.35. The Labute approximate surface area is 136 Å². The number of carboxylic acid groups (broad SMARTS) is 1. The highest BCUT2D eigenvalue weighted by atomic mass is 79.9. The number of rotatable bonds is 6. The predicted molar refractivity (Wildman–Crippen MR) is 83.5 cm³/mol. The van der Waals surface area contributed by atoms with E-state index in [2.05, 4.69) is 20.8 Å². The fourth-order valence-electron chi connectivity index (χ4n) is 2.12. The van der Waals surface area contributed by atoms with Gasteiger partial charge in [0.15, 0.2) is 0 Å². The van der Waals surface area contributed by atoms with E-state index >= 15 is 0 Å². The van der Waals surface area contributed by atoms with Gasteiger partial charge in [-0.15, -0.1) is 0 Å². The van der Waals surface area contributed by atoms with Crippen LogP contribution in [-0.2, 0) is 9.53 Å². The second-order valence-electron chi connectivity index (χ2n) is 4.78. The van der Waals surface area contributed by atoms with Gasteiger partial charge >= 0.3 is 5.97 Å². The minimum absolute atomic E-state index is 0.385. The van der Waals surface area contributed by atoms with E-state index in [0.717, 1.165) is 25.7 Å². The van der Waals surface area contributed by atoms with E-state index in [-0.39, 0.29) is 0 Å². The van der Waals surface area contributed by atoms with E-state index in [9.17, 15) is 9.18 Å². The second-order valence-corrected chi connectivity index (χ2v) is 5.63. The Morgan fingerprint density at radius 1 is 1.45 bits per heavy atom. The van der Waals surface area contributed by atoms with Crippen LogP contribution in [0.4, 0.5) is 4.39 Å². The average Bonchev–Trinajstić information content (AvgIpc) is 2.48. The Bertz CT molecular complexity index is 559. The summed E-state index contributed by atoms with van der Waals surface area (Å²) in [5, 5.41) is 8.70. The number of ether oxygens (including phenoxy) is 2. The summed E-state index contributed by atoms with van der Waals surface area (Å²) < 4.78 is 24.9. The SMILES string of the molecule is O=C(O)/C=C/c1cc(F)cc(Br)c1OCCN1CCOCC1. The Morgan fingerprint density at radius 3 is 2.86 bits per heavy atom. The number of aliphatic carboxylic acids is 1. The molecular weight excluding hydrogens is 357 g/mol. The van der Waals surface area contributed by atoms with Crippen LogP contribution in [0.1, 0.15) is 5.56 Å².